The van der Waals surface area contributed by atoms with Crippen LogP contribution in [-0.4, -0.2) is 38.6 Å². The number of anilines is 1. The fourth-order valence-corrected chi connectivity index (χ4v) is 2.97. The maximum Gasteiger partial charge on any atom is 0.253 e. The summed E-state index contributed by atoms with van der Waals surface area (Å²) in [6.45, 7) is 2.48. The first-order chi connectivity index (χ1) is 13.5. The molecule has 28 heavy (non-hydrogen) atoms. The van der Waals surface area contributed by atoms with Crippen LogP contribution in [0.2, 0.25) is 0 Å². The van der Waals surface area contributed by atoms with E-state index in [0.29, 0.717) is 30.6 Å². The Labute approximate surface area is 166 Å². The summed E-state index contributed by atoms with van der Waals surface area (Å²) in [5.41, 5.74) is 8.07. The number of nitrogens with two attached hydrogens (primary N) is 1. The predicted octanol–water partition coefficient (Wildman–Crippen LogP) is 2.76. The average Bonchev–Trinajstić information content (AvgIpc) is 2.73. The minimum Gasteiger partial charge on any atom is -0.497 e. The Hall–Kier alpha value is -2.86. The van der Waals surface area contributed by atoms with Crippen LogP contribution in [0.5, 0.6) is 5.75 Å². The molecule has 3 N–H and O–H groups in total. The monoisotopic (exact) mass is 383 g/mol. The van der Waals surface area contributed by atoms with E-state index in [4.69, 9.17) is 10.5 Å². The first kappa shape index (κ1) is 21.4. The van der Waals surface area contributed by atoms with E-state index in [1.165, 1.54) is 4.90 Å². The Balaban J connectivity index is 2.02. The molecule has 0 aliphatic carbocycles. The maximum atomic E-state index is 12.7. The van der Waals surface area contributed by atoms with E-state index in [-0.39, 0.29) is 11.8 Å². The highest BCUT2D eigenvalue weighted by atomic mass is 16.5. The molecule has 0 bridgehead atoms. The summed E-state index contributed by atoms with van der Waals surface area (Å²) >= 11 is 0. The largest absolute Gasteiger partial charge is 0.497 e. The van der Waals surface area contributed by atoms with Crippen molar-refractivity contribution in [2.75, 3.05) is 25.6 Å². The number of nitrogens with one attached hydrogen (secondary N) is 1. The zero-order valence-electron chi connectivity index (χ0n) is 16.8. The minimum absolute atomic E-state index is 0.194. The molecule has 0 aliphatic heterocycles. The summed E-state index contributed by atoms with van der Waals surface area (Å²) in [6.07, 6.45) is 2.14. The molecule has 6 heteroatoms. The second-order valence-electron chi connectivity index (χ2n) is 6.66. The molecule has 1 unspecified atom stereocenters. The number of ether oxygens (including phenoxy) is 1. The molecule has 2 amide bonds. The number of carbonyl (C=O) groups is 2. The highest BCUT2D eigenvalue weighted by Crippen LogP contribution is 2.20. The number of methoxy groups -OCH3 is 1. The first-order valence-electron chi connectivity index (χ1n) is 9.51. The van der Waals surface area contributed by atoms with Crippen molar-refractivity contribution in [3.05, 3.63) is 59.7 Å². The molecule has 150 valence electrons. The third kappa shape index (κ3) is 5.57. The van der Waals surface area contributed by atoms with Crippen molar-refractivity contribution in [2.24, 2.45) is 5.73 Å². The van der Waals surface area contributed by atoms with Gasteiger partial charge in [-0.2, -0.15) is 0 Å². The van der Waals surface area contributed by atoms with Crippen molar-refractivity contribution < 1.29 is 14.3 Å². The average molecular weight is 383 g/mol. The Morgan fingerprint density at radius 2 is 1.82 bits per heavy atom. The number of nitrogens with zero attached hydrogens (tertiary/aromatic N) is 1. The molecule has 0 fully saturated rings. The Morgan fingerprint density at radius 1 is 1.14 bits per heavy atom. The molecule has 0 radical (unpaired) electrons. The van der Waals surface area contributed by atoms with Crippen LogP contribution >= 0.6 is 0 Å². The first-order valence-corrected chi connectivity index (χ1v) is 9.51. The molecule has 2 aromatic carbocycles. The smallest absolute Gasteiger partial charge is 0.253 e. The lowest BCUT2D eigenvalue weighted by Gasteiger charge is -2.23. The topological polar surface area (TPSA) is 84.7 Å². The zero-order chi connectivity index (χ0) is 20.5. The van der Waals surface area contributed by atoms with Gasteiger partial charge in [0.2, 0.25) is 5.91 Å². The van der Waals surface area contributed by atoms with Gasteiger partial charge in [-0.05, 0) is 42.7 Å². The van der Waals surface area contributed by atoms with Crippen LogP contribution in [-0.2, 0) is 11.2 Å². The number of likely N-dealkylation sites (N-methyl/N-ethyl adjacent to an activating group) is 1. The molecule has 0 spiro atoms. The van der Waals surface area contributed by atoms with Crippen molar-refractivity contribution in [3.63, 3.8) is 0 Å². The Morgan fingerprint density at radius 3 is 2.46 bits per heavy atom. The van der Waals surface area contributed by atoms with E-state index in [2.05, 4.69) is 5.32 Å². The quantitative estimate of drug-likeness (QED) is 0.697. The molecule has 0 heterocycles. The van der Waals surface area contributed by atoms with Crippen molar-refractivity contribution in [2.45, 2.75) is 32.2 Å². The molecule has 0 saturated carbocycles. The third-order valence-corrected chi connectivity index (χ3v) is 4.62. The number of benzene rings is 2. The fraction of sp³-hybridized carbons (Fsp3) is 0.364. The van der Waals surface area contributed by atoms with E-state index in [9.17, 15) is 9.59 Å². The van der Waals surface area contributed by atoms with Gasteiger partial charge in [0.15, 0.2) is 0 Å². The lowest BCUT2D eigenvalue weighted by molar-refractivity contribution is -0.119. The molecule has 1 atom stereocenters. The standard InChI is InChI=1S/C22H29N3O3/c1-4-7-19(23)22(27)25(2)20-9-6-5-8-18(20)21(26)24-15-14-16-10-12-17(28-3)13-11-16/h5-6,8-13,19H,4,7,14-15,23H2,1-3H3,(H,24,26). The van der Waals surface area contributed by atoms with Crippen molar-refractivity contribution in [3.8, 4) is 5.75 Å². The van der Waals surface area contributed by atoms with Gasteiger partial charge in [-0.1, -0.05) is 37.6 Å². The van der Waals surface area contributed by atoms with Gasteiger partial charge in [-0.15, -0.1) is 0 Å². The van der Waals surface area contributed by atoms with Crippen molar-refractivity contribution >= 4 is 17.5 Å². The van der Waals surface area contributed by atoms with Crippen LogP contribution in [0.15, 0.2) is 48.5 Å². The second-order valence-corrected chi connectivity index (χ2v) is 6.66. The number of hydrogen-bond acceptors (Lipinski definition) is 4. The number of hydrogen-bond donors (Lipinski definition) is 2. The molecule has 0 aromatic heterocycles. The summed E-state index contributed by atoms with van der Waals surface area (Å²) in [7, 11) is 3.28. The van der Waals surface area contributed by atoms with Gasteiger partial charge in [0.25, 0.3) is 5.91 Å². The van der Waals surface area contributed by atoms with Crippen LogP contribution in [0.4, 0.5) is 5.69 Å². The molecule has 2 aromatic rings. The van der Waals surface area contributed by atoms with Gasteiger partial charge >= 0.3 is 0 Å². The predicted molar refractivity (Wildman–Crippen MR) is 112 cm³/mol. The summed E-state index contributed by atoms with van der Waals surface area (Å²) in [4.78, 5) is 26.7. The normalized spacial score (nSPS) is 11.6. The molecule has 6 nitrogen and oxygen atoms in total. The summed E-state index contributed by atoms with van der Waals surface area (Å²) in [5, 5.41) is 2.93. The third-order valence-electron chi connectivity index (χ3n) is 4.62. The van der Waals surface area contributed by atoms with E-state index in [1.807, 2.05) is 31.2 Å². The van der Waals surface area contributed by atoms with Gasteiger partial charge < -0.3 is 20.7 Å². The van der Waals surface area contributed by atoms with Crippen molar-refractivity contribution in [1.29, 1.82) is 0 Å². The molecule has 2 rings (SSSR count). The fourth-order valence-electron chi connectivity index (χ4n) is 2.97. The minimum atomic E-state index is -0.568. The lowest BCUT2D eigenvalue weighted by atomic mass is 10.1. The molecular formula is C22H29N3O3. The van der Waals surface area contributed by atoms with Crippen LogP contribution in [0.25, 0.3) is 0 Å². The van der Waals surface area contributed by atoms with E-state index >= 15 is 0 Å². The second kappa shape index (κ2) is 10.5. The molecule has 0 saturated heterocycles. The van der Waals surface area contributed by atoms with Gasteiger partial charge in [0.05, 0.1) is 24.4 Å². The van der Waals surface area contributed by atoms with Crippen LogP contribution in [0.1, 0.15) is 35.7 Å². The summed E-state index contributed by atoms with van der Waals surface area (Å²) in [6, 6.07) is 14.2. The lowest BCUT2D eigenvalue weighted by Crippen LogP contribution is -2.42. The van der Waals surface area contributed by atoms with Gasteiger partial charge in [-0.3, -0.25) is 9.59 Å². The van der Waals surface area contributed by atoms with Crippen LogP contribution in [0, 0.1) is 0 Å². The highest BCUT2D eigenvalue weighted by Gasteiger charge is 2.22. The molecule has 0 aliphatic rings. The SMILES string of the molecule is CCCC(N)C(=O)N(C)c1ccccc1C(=O)NCCc1ccc(OC)cc1. The van der Waals surface area contributed by atoms with Crippen LogP contribution < -0.4 is 20.7 Å². The van der Waals surface area contributed by atoms with E-state index in [0.717, 1.165) is 17.7 Å². The number of rotatable bonds is 9. The number of para-hydroxylation sites is 1. The summed E-state index contributed by atoms with van der Waals surface area (Å²) < 4.78 is 5.15. The van der Waals surface area contributed by atoms with Crippen LogP contribution in [0.3, 0.4) is 0 Å². The Bertz CT molecular complexity index is 790. The van der Waals surface area contributed by atoms with Gasteiger partial charge in [-0.25, -0.2) is 0 Å². The van der Waals surface area contributed by atoms with Gasteiger partial charge in [0.1, 0.15) is 5.75 Å². The molecular weight excluding hydrogens is 354 g/mol. The number of carbonyl (C=O) groups excluding carboxylic acids is 2. The van der Waals surface area contributed by atoms with Crippen molar-refractivity contribution in [1.82, 2.24) is 5.32 Å². The highest BCUT2D eigenvalue weighted by molar-refractivity contribution is 6.05. The van der Waals surface area contributed by atoms with E-state index < -0.39 is 6.04 Å². The summed E-state index contributed by atoms with van der Waals surface area (Å²) in [5.74, 6) is 0.392. The van der Waals surface area contributed by atoms with Gasteiger partial charge in [0, 0.05) is 13.6 Å². The maximum absolute atomic E-state index is 12.7. The Kier molecular flexibility index (Phi) is 8.02. The zero-order valence-corrected chi connectivity index (χ0v) is 16.8. The number of amides is 2. The van der Waals surface area contributed by atoms with E-state index in [1.54, 1.807) is 38.4 Å².